The van der Waals surface area contributed by atoms with Crippen LogP contribution >= 0.6 is 0 Å². The molecule has 0 aliphatic heterocycles. The molecule has 0 amide bonds. The Morgan fingerprint density at radius 2 is 1.95 bits per heavy atom. The molecule has 0 aliphatic carbocycles. The van der Waals surface area contributed by atoms with Crippen molar-refractivity contribution < 1.29 is 13.5 Å². The molecule has 1 aromatic carbocycles. The number of aliphatic hydroxyl groups excluding tert-OH is 1. The van der Waals surface area contributed by atoms with E-state index in [1.54, 1.807) is 12.1 Å². The molecule has 0 heterocycles. The summed E-state index contributed by atoms with van der Waals surface area (Å²) in [5.74, 6) is 0. The minimum atomic E-state index is -3.59. The van der Waals surface area contributed by atoms with Gasteiger partial charge in [0.25, 0.3) is 0 Å². The van der Waals surface area contributed by atoms with Gasteiger partial charge in [-0.15, -0.1) is 0 Å². The van der Waals surface area contributed by atoms with Crippen molar-refractivity contribution in [1.29, 1.82) is 0 Å². The van der Waals surface area contributed by atoms with E-state index in [0.717, 1.165) is 0 Å². The number of aliphatic hydroxyl groups is 1. The van der Waals surface area contributed by atoms with Gasteiger partial charge in [-0.3, -0.25) is 0 Å². The van der Waals surface area contributed by atoms with Gasteiger partial charge in [-0.25, -0.2) is 13.1 Å². The van der Waals surface area contributed by atoms with Crippen molar-refractivity contribution >= 4 is 15.7 Å². The Hall–Kier alpha value is -1.11. The van der Waals surface area contributed by atoms with E-state index in [0.29, 0.717) is 18.5 Å². The summed E-state index contributed by atoms with van der Waals surface area (Å²) in [6.45, 7) is 4.05. The fourth-order valence-corrected chi connectivity index (χ4v) is 3.00. The zero-order chi connectivity index (χ0) is 14.5. The van der Waals surface area contributed by atoms with E-state index in [9.17, 15) is 13.5 Å². The highest BCUT2D eigenvalue weighted by Gasteiger charge is 2.27. The topological polar surface area (TPSA) is 92.4 Å². The molecule has 0 spiro atoms. The van der Waals surface area contributed by atoms with E-state index in [-0.39, 0.29) is 18.0 Å². The molecule has 6 heteroatoms. The predicted octanol–water partition coefficient (Wildman–Crippen LogP) is 1.35. The largest absolute Gasteiger partial charge is 0.399 e. The van der Waals surface area contributed by atoms with Crippen LogP contribution in [0.1, 0.15) is 26.7 Å². The Kier molecular flexibility index (Phi) is 5.34. The summed E-state index contributed by atoms with van der Waals surface area (Å²) < 4.78 is 26.8. The SMILES string of the molecule is CCC(CC)(CO)CNS(=O)(=O)c1cccc(N)c1. The maximum atomic E-state index is 12.1. The number of sulfonamides is 1. The number of hydrogen-bond acceptors (Lipinski definition) is 4. The van der Waals surface area contributed by atoms with Crippen molar-refractivity contribution in [2.45, 2.75) is 31.6 Å². The molecule has 4 N–H and O–H groups in total. The van der Waals surface area contributed by atoms with Crippen LogP contribution in [-0.4, -0.2) is 26.7 Å². The first-order valence-electron chi connectivity index (χ1n) is 6.35. The second kappa shape index (κ2) is 6.36. The quantitative estimate of drug-likeness (QED) is 0.660. The van der Waals surface area contributed by atoms with E-state index in [4.69, 9.17) is 5.73 Å². The molecule has 0 saturated carbocycles. The first-order chi connectivity index (χ1) is 8.89. The van der Waals surface area contributed by atoms with E-state index < -0.39 is 15.4 Å². The van der Waals surface area contributed by atoms with Crippen LogP contribution in [0.4, 0.5) is 5.69 Å². The summed E-state index contributed by atoms with van der Waals surface area (Å²) in [4.78, 5) is 0.145. The fourth-order valence-electron chi connectivity index (χ4n) is 1.79. The van der Waals surface area contributed by atoms with E-state index in [1.807, 2.05) is 13.8 Å². The lowest BCUT2D eigenvalue weighted by Gasteiger charge is -2.29. The lowest BCUT2D eigenvalue weighted by molar-refractivity contribution is 0.119. The van der Waals surface area contributed by atoms with Crippen molar-refractivity contribution in [2.24, 2.45) is 5.41 Å². The van der Waals surface area contributed by atoms with Gasteiger partial charge in [0, 0.05) is 24.3 Å². The maximum absolute atomic E-state index is 12.1. The third-order valence-corrected chi connectivity index (χ3v) is 5.04. The third kappa shape index (κ3) is 3.92. The van der Waals surface area contributed by atoms with Gasteiger partial charge in [0.15, 0.2) is 0 Å². The van der Waals surface area contributed by atoms with Crippen molar-refractivity contribution in [3.63, 3.8) is 0 Å². The molecule has 108 valence electrons. The standard InChI is InChI=1S/C13H22N2O3S/c1-3-13(4-2,10-16)9-15-19(17,18)12-7-5-6-11(14)8-12/h5-8,15-16H,3-4,9-10,14H2,1-2H3. The summed E-state index contributed by atoms with van der Waals surface area (Å²) >= 11 is 0. The van der Waals surface area contributed by atoms with Gasteiger partial charge in [-0.2, -0.15) is 0 Å². The van der Waals surface area contributed by atoms with Gasteiger partial charge in [0.2, 0.25) is 10.0 Å². The van der Waals surface area contributed by atoms with E-state index >= 15 is 0 Å². The Balaban J connectivity index is 2.87. The second-order valence-corrected chi connectivity index (χ2v) is 6.53. The molecule has 1 aromatic rings. The molecule has 0 fully saturated rings. The molecule has 19 heavy (non-hydrogen) atoms. The first-order valence-corrected chi connectivity index (χ1v) is 7.83. The zero-order valence-corrected chi connectivity index (χ0v) is 12.2. The van der Waals surface area contributed by atoms with Crippen LogP contribution in [0.3, 0.4) is 0 Å². The number of nitrogen functional groups attached to an aromatic ring is 1. The molecule has 0 unspecified atom stereocenters. The summed E-state index contributed by atoms with van der Waals surface area (Å²) in [6.07, 6.45) is 1.42. The number of benzene rings is 1. The summed E-state index contributed by atoms with van der Waals surface area (Å²) in [5.41, 5.74) is 5.58. The number of anilines is 1. The fraction of sp³-hybridized carbons (Fsp3) is 0.538. The molecule has 0 radical (unpaired) electrons. The van der Waals surface area contributed by atoms with Crippen LogP contribution in [-0.2, 0) is 10.0 Å². The second-order valence-electron chi connectivity index (χ2n) is 4.76. The van der Waals surface area contributed by atoms with Gasteiger partial charge in [-0.05, 0) is 31.0 Å². The minimum absolute atomic E-state index is 0.0422. The van der Waals surface area contributed by atoms with Crippen LogP contribution in [0.2, 0.25) is 0 Å². The van der Waals surface area contributed by atoms with Crippen LogP contribution in [0.25, 0.3) is 0 Å². The Bertz CT molecular complexity index is 502. The van der Waals surface area contributed by atoms with Crippen LogP contribution in [0.15, 0.2) is 29.2 Å². The van der Waals surface area contributed by atoms with Gasteiger partial charge >= 0.3 is 0 Å². The molecular formula is C13H22N2O3S. The molecule has 5 nitrogen and oxygen atoms in total. The van der Waals surface area contributed by atoms with Gasteiger partial charge < -0.3 is 10.8 Å². The number of hydrogen-bond donors (Lipinski definition) is 3. The normalized spacial score (nSPS) is 12.6. The minimum Gasteiger partial charge on any atom is -0.399 e. The van der Waals surface area contributed by atoms with Gasteiger partial charge in [0.05, 0.1) is 4.90 Å². The number of rotatable bonds is 7. The van der Waals surface area contributed by atoms with E-state index in [1.165, 1.54) is 12.1 Å². The first kappa shape index (κ1) is 15.9. The molecule has 0 atom stereocenters. The Morgan fingerprint density at radius 1 is 1.32 bits per heavy atom. The zero-order valence-electron chi connectivity index (χ0n) is 11.4. The monoisotopic (exact) mass is 286 g/mol. The lowest BCUT2D eigenvalue weighted by atomic mass is 9.84. The maximum Gasteiger partial charge on any atom is 0.240 e. The average molecular weight is 286 g/mol. The molecule has 1 rings (SSSR count). The summed E-state index contributed by atoms with van der Waals surface area (Å²) in [5, 5.41) is 9.43. The molecule has 0 aliphatic rings. The van der Waals surface area contributed by atoms with E-state index in [2.05, 4.69) is 4.72 Å². The number of nitrogens with one attached hydrogen (secondary N) is 1. The lowest BCUT2D eigenvalue weighted by Crippen LogP contribution is -2.39. The van der Waals surface area contributed by atoms with Crippen molar-refractivity contribution in [1.82, 2.24) is 4.72 Å². The molecule has 0 saturated heterocycles. The Labute approximate surface area is 114 Å². The van der Waals surface area contributed by atoms with Gasteiger partial charge in [-0.1, -0.05) is 19.9 Å². The highest BCUT2D eigenvalue weighted by Crippen LogP contribution is 2.25. The van der Waals surface area contributed by atoms with Crippen molar-refractivity contribution in [3.05, 3.63) is 24.3 Å². The molecule has 0 bridgehead atoms. The van der Waals surface area contributed by atoms with Crippen molar-refractivity contribution in [2.75, 3.05) is 18.9 Å². The average Bonchev–Trinajstić information content (AvgIpc) is 2.41. The summed E-state index contributed by atoms with van der Waals surface area (Å²) in [6, 6.07) is 6.15. The predicted molar refractivity (Wildman–Crippen MR) is 76.1 cm³/mol. The van der Waals surface area contributed by atoms with Crippen molar-refractivity contribution in [3.8, 4) is 0 Å². The molecule has 0 aromatic heterocycles. The molecular weight excluding hydrogens is 264 g/mol. The van der Waals surface area contributed by atoms with Crippen LogP contribution in [0, 0.1) is 5.41 Å². The van der Waals surface area contributed by atoms with Gasteiger partial charge in [0.1, 0.15) is 0 Å². The number of nitrogens with two attached hydrogens (primary N) is 1. The third-order valence-electron chi connectivity index (χ3n) is 3.64. The highest BCUT2D eigenvalue weighted by molar-refractivity contribution is 7.89. The summed E-state index contributed by atoms with van der Waals surface area (Å²) in [7, 11) is -3.59. The van der Waals surface area contributed by atoms with Crippen LogP contribution < -0.4 is 10.5 Å². The Morgan fingerprint density at radius 3 is 2.42 bits per heavy atom. The van der Waals surface area contributed by atoms with Crippen LogP contribution in [0.5, 0.6) is 0 Å². The highest BCUT2D eigenvalue weighted by atomic mass is 32.2. The smallest absolute Gasteiger partial charge is 0.240 e.